The molecule has 1 amide bonds. The summed E-state index contributed by atoms with van der Waals surface area (Å²) >= 11 is 7.24. The van der Waals surface area contributed by atoms with E-state index in [4.69, 9.17) is 11.6 Å². The van der Waals surface area contributed by atoms with Gasteiger partial charge in [0.15, 0.2) is 0 Å². The van der Waals surface area contributed by atoms with E-state index in [1.54, 1.807) is 30.3 Å². The molecule has 0 spiro atoms. The monoisotopic (exact) mass is 349 g/mol. The minimum atomic E-state index is -0.434. The van der Waals surface area contributed by atoms with Gasteiger partial charge in [-0.1, -0.05) is 17.7 Å². The number of halogens is 1. The Labute approximate surface area is 144 Å². The van der Waals surface area contributed by atoms with Crippen LogP contribution in [0.1, 0.15) is 15.9 Å². The van der Waals surface area contributed by atoms with Gasteiger partial charge in [-0.3, -0.25) is 4.79 Å². The van der Waals surface area contributed by atoms with Gasteiger partial charge in [0, 0.05) is 15.6 Å². The van der Waals surface area contributed by atoms with E-state index in [9.17, 15) is 9.59 Å². The van der Waals surface area contributed by atoms with Crippen molar-refractivity contribution in [3.05, 3.63) is 58.6 Å². The summed E-state index contributed by atoms with van der Waals surface area (Å²) in [5.41, 5.74) is 1.89. The number of nitrogens with one attached hydrogen (secondary N) is 1. The number of carbonyl (C=O) groups is 2. The van der Waals surface area contributed by atoms with Gasteiger partial charge >= 0.3 is 5.97 Å². The molecule has 0 atom stereocenters. The minimum Gasteiger partial charge on any atom is -0.465 e. The zero-order chi connectivity index (χ0) is 16.8. The Morgan fingerprint density at radius 3 is 2.52 bits per heavy atom. The molecule has 2 aromatic carbocycles. The van der Waals surface area contributed by atoms with Crippen LogP contribution in [0.15, 0.2) is 47.4 Å². The van der Waals surface area contributed by atoms with Crippen molar-refractivity contribution in [2.45, 2.75) is 11.8 Å². The molecule has 120 valence electrons. The highest BCUT2D eigenvalue weighted by Gasteiger charge is 2.10. The van der Waals surface area contributed by atoms with Crippen molar-refractivity contribution >= 4 is 40.9 Å². The van der Waals surface area contributed by atoms with Gasteiger partial charge in [-0.2, -0.15) is 0 Å². The number of amides is 1. The summed E-state index contributed by atoms with van der Waals surface area (Å²) in [7, 11) is 1.32. The molecule has 2 rings (SSSR count). The molecule has 0 bridgehead atoms. The third kappa shape index (κ3) is 5.01. The van der Waals surface area contributed by atoms with Crippen LogP contribution in [0.25, 0.3) is 0 Å². The summed E-state index contributed by atoms with van der Waals surface area (Å²) < 4.78 is 4.68. The van der Waals surface area contributed by atoms with Gasteiger partial charge < -0.3 is 10.1 Å². The van der Waals surface area contributed by atoms with Crippen molar-refractivity contribution < 1.29 is 14.3 Å². The second-order valence-corrected chi connectivity index (χ2v) is 6.30. The number of thioether (sulfide) groups is 1. The summed E-state index contributed by atoms with van der Waals surface area (Å²) in [5, 5.41) is 3.48. The van der Waals surface area contributed by atoms with Gasteiger partial charge in [-0.25, -0.2) is 4.79 Å². The topological polar surface area (TPSA) is 55.4 Å². The van der Waals surface area contributed by atoms with E-state index in [2.05, 4.69) is 10.1 Å². The lowest BCUT2D eigenvalue weighted by Crippen LogP contribution is -2.15. The molecule has 23 heavy (non-hydrogen) atoms. The smallest absolute Gasteiger partial charge is 0.337 e. The Balaban J connectivity index is 1.99. The summed E-state index contributed by atoms with van der Waals surface area (Å²) in [6.45, 7) is 1.86. The van der Waals surface area contributed by atoms with E-state index in [1.165, 1.54) is 18.9 Å². The zero-order valence-electron chi connectivity index (χ0n) is 12.8. The largest absolute Gasteiger partial charge is 0.465 e. The fraction of sp³-hybridized carbons (Fsp3) is 0.176. The maximum absolute atomic E-state index is 12.1. The second kappa shape index (κ2) is 8.04. The van der Waals surface area contributed by atoms with Gasteiger partial charge in [-0.05, 0) is 48.9 Å². The Morgan fingerprint density at radius 1 is 1.17 bits per heavy atom. The minimum absolute atomic E-state index is 0.143. The fourth-order valence-electron chi connectivity index (χ4n) is 1.87. The second-order valence-electron chi connectivity index (χ2n) is 4.81. The zero-order valence-corrected chi connectivity index (χ0v) is 14.3. The highest BCUT2D eigenvalue weighted by molar-refractivity contribution is 8.00. The van der Waals surface area contributed by atoms with E-state index >= 15 is 0 Å². The summed E-state index contributed by atoms with van der Waals surface area (Å²) in [6, 6.07) is 12.4. The highest BCUT2D eigenvalue weighted by Crippen LogP contribution is 2.22. The van der Waals surface area contributed by atoms with Crippen molar-refractivity contribution in [3.63, 3.8) is 0 Å². The summed E-state index contributed by atoms with van der Waals surface area (Å²) in [4.78, 5) is 24.6. The quantitative estimate of drug-likeness (QED) is 0.650. The molecule has 0 fully saturated rings. The fourth-order valence-corrected chi connectivity index (χ4v) is 2.69. The molecule has 0 saturated carbocycles. The molecular formula is C17H16ClNO3S. The third-order valence-corrected chi connectivity index (χ3v) is 4.38. The van der Waals surface area contributed by atoms with E-state index in [0.717, 1.165) is 10.5 Å². The standard InChI is InChI=1S/C17H16ClNO3S/c1-11-3-4-12(17(21)22-2)9-15(11)19-16(20)10-23-14-7-5-13(18)6-8-14/h3-9H,10H2,1-2H3,(H,19,20). The first-order chi connectivity index (χ1) is 11.0. The maximum atomic E-state index is 12.1. The molecule has 0 aliphatic carbocycles. The normalized spacial score (nSPS) is 10.2. The first kappa shape index (κ1) is 17.4. The number of hydrogen-bond donors (Lipinski definition) is 1. The van der Waals surface area contributed by atoms with E-state index < -0.39 is 5.97 Å². The van der Waals surface area contributed by atoms with Crippen molar-refractivity contribution in [2.75, 3.05) is 18.2 Å². The molecule has 4 nitrogen and oxygen atoms in total. The van der Waals surface area contributed by atoms with Gasteiger partial charge in [0.2, 0.25) is 5.91 Å². The van der Waals surface area contributed by atoms with Crippen molar-refractivity contribution in [2.24, 2.45) is 0 Å². The van der Waals surface area contributed by atoms with Crippen LogP contribution in [0.3, 0.4) is 0 Å². The number of hydrogen-bond acceptors (Lipinski definition) is 4. The lowest BCUT2D eigenvalue weighted by atomic mass is 10.1. The molecule has 1 N–H and O–H groups in total. The molecule has 0 aliphatic heterocycles. The van der Waals surface area contributed by atoms with Crippen LogP contribution in [-0.4, -0.2) is 24.7 Å². The lowest BCUT2D eigenvalue weighted by Gasteiger charge is -2.10. The van der Waals surface area contributed by atoms with Crippen molar-refractivity contribution in [3.8, 4) is 0 Å². The molecule has 0 aromatic heterocycles. The molecule has 0 radical (unpaired) electrons. The van der Waals surface area contributed by atoms with Crippen LogP contribution in [0.5, 0.6) is 0 Å². The van der Waals surface area contributed by atoms with E-state index in [0.29, 0.717) is 16.3 Å². The molecule has 0 heterocycles. The number of esters is 1. The average molecular weight is 350 g/mol. The molecule has 2 aromatic rings. The Kier molecular flexibility index (Phi) is 6.07. The number of carbonyl (C=O) groups excluding carboxylic acids is 2. The van der Waals surface area contributed by atoms with Gasteiger partial charge in [0.05, 0.1) is 18.4 Å². The van der Waals surface area contributed by atoms with Gasteiger partial charge in [0.25, 0.3) is 0 Å². The maximum Gasteiger partial charge on any atom is 0.337 e. The third-order valence-electron chi connectivity index (χ3n) is 3.12. The Bertz CT molecular complexity index is 716. The van der Waals surface area contributed by atoms with Crippen molar-refractivity contribution in [1.29, 1.82) is 0 Å². The van der Waals surface area contributed by atoms with Gasteiger partial charge in [-0.15, -0.1) is 11.8 Å². The Hall–Kier alpha value is -1.98. The van der Waals surface area contributed by atoms with Crippen molar-refractivity contribution in [1.82, 2.24) is 0 Å². The molecule has 0 unspecified atom stereocenters. The average Bonchev–Trinajstić information content (AvgIpc) is 2.55. The SMILES string of the molecule is COC(=O)c1ccc(C)c(NC(=O)CSc2ccc(Cl)cc2)c1. The number of benzene rings is 2. The van der Waals surface area contributed by atoms with Crippen LogP contribution in [0, 0.1) is 6.92 Å². The number of anilines is 1. The molecule has 0 saturated heterocycles. The van der Waals surface area contributed by atoms with Crippen LogP contribution >= 0.6 is 23.4 Å². The first-order valence-electron chi connectivity index (χ1n) is 6.87. The van der Waals surface area contributed by atoms with Crippen LogP contribution in [0.4, 0.5) is 5.69 Å². The van der Waals surface area contributed by atoms with Gasteiger partial charge in [0.1, 0.15) is 0 Å². The molecular weight excluding hydrogens is 334 g/mol. The highest BCUT2D eigenvalue weighted by atomic mass is 35.5. The van der Waals surface area contributed by atoms with Crippen LogP contribution < -0.4 is 5.32 Å². The predicted molar refractivity (Wildman–Crippen MR) is 93.3 cm³/mol. The molecule has 0 aliphatic rings. The van der Waals surface area contributed by atoms with E-state index in [-0.39, 0.29) is 11.7 Å². The Morgan fingerprint density at radius 2 is 1.87 bits per heavy atom. The van der Waals surface area contributed by atoms with Crippen LogP contribution in [0.2, 0.25) is 5.02 Å². The summed E-state index contributed by atoms with van der Waals surface area (Å²) in [6.07, 6.45) is 0. The van der Waals surface area contributed by atoms with Crippen LogP contribution in [-0.2, 0) is 9.53 Å². The number of aryl methyl sites for hydroxylation is 1. The summed E-state index contributed by atoms with van der Waals surface area (Å²) in [5.74, 6) is -0.310. The number of methoxy groups -OCH3 is 1. The predicted octanol–water partition coefficient (Wildman–Crippen LogP) is 4.17. The first-order valence-corrected chi connectivity index (χ1v) is 8.23. The number of rotatable bonds is 5. The lowest BCUT2D eigenvalue weighted by molar-refractivity contribution is -0.113. The number of ether oxygens (including phenoxy) is 1. The van der Waals surface area contributed by atoms with E-state index in [1.807, 2.05) is 19.1 Å². The molecule has 6 heteroatoms.